The zero-order valence-corrected chi connectivity index (χ0v) is 35.4. The molecule has 3 aromatic carbocycles. The number of allylic oxidation sites excluding steroid dienone is 2. The largest absolute Gasteiger partial charge is 0.512 e. The standard InChI is InChI=1S/C30H31N2SSi.C13H24O2.Ir/c1-19-23(20-10-6-5-7-11-20)14-15-25-28-30(33-29(19)25)27(31-18-32-28)22-16-21-12-8-9-13-24(21)26(17-22)34(2,3)4;1-5-10(6-2)12(14)9-13(15)11(7-3)8-4;/h8-9,12-15,17-18,20H,5-7,10-11H2,1-4H3;9-11,14H,5-8H2,1-4H3;/q-1;;/b;12-9-;/i18D;;. The molecular weight excluding hydrogens is 829 g/mol. The van der Waals surface area contributed by atoms with Gasteiger partial charge in [-0.05, 0) is 62.5 Å². The summed E-state index contributed by atoms with van der Waals surface area (Å²) >= 11 is 1.80. The van der Waals surface area contributed by atoms with Gasteiger partial charge in [0.15, 0.2) is 5.78 Å². The third kappa shape index (κ3) is 8.66. The van der Waals surface area contributed by atoms with E-state index in [1.807, 2.05) is 27.7 Å². The number of hydrogen-bond acceptors (Lipinski definition) is 5. The Morgan fingerprint density at radius 1 is 0.960 bits per heavy atom. The Bertz CT molecular complexity index is 2000. The van der Waals surface area contributed by atoms with Gasteiger partial charge in [-0.15, -0.1) is 40.1 Å². The molecule has 0 unspecified atom stereocenters. The number of ketones is 1. The number of nitrogens with zero attached hydrogens (tertiary/aromatic N) is 2. The molecule has 0 bridgehead atoms. The van der Waals surface area contributed by atoms with Crippen LogP contribution in [0, 0.1) is 24.8 Å². The average Bonchev–Trinajstić information content (AvgIpc) is 3.48. The van der Waals surface area contributed by atoms with E-state index in [0.29, 0.717) is 5.92 Å². The Balaban J connectivity index is 0.000000312. The Labute approximate surface area is 320 Å². The van der Waals surface area contributed by atoms with E-state index in [1.165, 1.54) is 64.6 Å². The first-order chi connectivity index (χ1) is 23.9. The molecule has 1 aliphatic rings. The van der Waals surface area contributed by atoms with E-state index < -0.39 is 8.07 Å². The Morgan fingerprint density at radius 2 is 1.62 bits per heavy atom. The molecule has 0 atom stereocenters. The van der Waals surface area contributed by atoms with Crippen molar-refractivity contribution in [2.45, 2.75) is 118 Å². The maximum Gasteiger partial charge on any atom is 0.162 e. The summed E-state index contributed by atoms with van der Waals surface area (Å²) in [4.78, 5) is 21.0. The van der Waals surface area contributed by atoms with Crippen LogP contribution in [0.25, 0.3) is 42.3 Å². The van der Waals surface area contributed by atoms with E-state index in [2.05, 4.69) is 85.1 Å². The van der Waals surface area contributed by atoms with E-state index in [4.69, 9.17) is 1.37 Å². The van der Waals surface area contributed by atoms with Crippen molar-refractivity contribution < 1.29 is 31.4 Å². The summed E-state index contributed by atoms with van der Waals surface area (Å²) in [6, 6.07) is 19.1. The summed E-state index contributed by atoms with van der Waals surface area (Å²) in [5.41, 5.74) is 5.64. The third-order valence-corrected chi connectivity index (χ3v) is 14.0. The van der Waals surface area contributed by atoms with E-state index in [9.17, 15) is 9.90 Å². The topological polar surface area (TPSA) is 63.1 Å². The molecule has 1 fully saturated rings. The minimum atomic E-state index is -1.62. The second-order valence-corrected chi connectivity index (χ2v) is 20.9. The van der Waals surface area contributed by atoms with Crippen LogP contribution >= 0.6 is 11.3 Å². The number of rotatable bonds is 10. The molecule has 2 heterocycles. The number of carbonyl (C=O) groups is 1. The normalized spacial score (nSPS) is 14.6. The Kier molecular flexibility index (Phi) is 13.6. The fourth-order valence-electron chi connectivity index (χ4n) is 7.54. The minimum Gasteiger partial charge on any atom is -0.512 e. The Morgan fingerprint density at radius 3 is 2.26 bits per heavy atom. The van der Waals surface area contributed by atoms with Gasteiger partial charge < -0.3 is 5.11 Å². The summed E-state index contributed by atoms with van der Waals surface area (Å²) in [5.74, 6) is 1.22. The van der Waals surface area contributed by atoms with Crippen molar-refractivity contribution in [2.24, 2.45) is 11.8 Å². The zero-order valence-electron chi connectivity index (χ0n) is 32.2. The number of thiophene rings is 1. The van der Waals surface area contributed by atoms with Crippen molar-refractivity contribution in [1.82, 2.24) is 9.97 Å². The van der Waals surface area contributed by atoms with Gasteiger partial charge in [0, 0.05) is 58.5 Å². The molecule has 6 rings (SSSR count). The number of aliphatic hydroxyl groups is 1. The van der Waals surface area contributed by atoms with E-state index in [1.54, 1.807) is 11.3 Å². The molecule has 1 aliphatic carbocycles. The van der Waals surface area contributed by atoms with E-state index in [0.717, 1.165) is 57.9 Å². The van der Waals surface area contributed by atoms with Crippen molar-refractivity contribution in [3.05, 3.63) is 77.8 Å². The second kappa shape index (κ2) is 17.7. The number of fused-ring (bicyclic) bond motifs is 4. The number of carbonyl (C=O) groups excluding carboxylic acids is 1. The van der Waals surface area contributed by atoms with Gasteiger partial charge in [-0.2, -0.15) is 0 Å². The number of aliphatic hydroxyl groups excluding tert-OH is 1. The van der Waals surface area contributed by atoms with Crippen molar-refractivity contribution >= 4 is 61.5 Å². The van der Waals surface area contributed by atoms with Gasteiger partial charge in [0.1, 0.15) is 7.67 Å². The van der Waals surface area contributed by atoms with Gasteiger partial charge in [0.2, 0.25) is 0 Å². The van der Waals surface area contributed by atoms with Crippen molar-refractivity contribution in [3.8, 4) is 11.3 Å². The van der Waals surface area contributed by atoms with Gasteiger partial charge in [-0.25, -0.2) is 4.98 Å². The molecular formula is C43H55IrN2O2SSi-. The zero-order chi connectivity index (χ0) is 36.2. The summed E-state index contributed by atoms with van der Waals surface area (Å²) in [6.07, 6.45) is 11.6. The van der Waals surface area contributed by atoms with Crippen LogP contribution < -0.4 is 5.19 Å². The fraction of sp³-hybridized carbons (Fsp3) is 0.465. The molecule has 2 aromatic heterocycles. The maximum absolute atomic E-state index is 11.7. The monoisotopic (exact) mass is 885 g/mol. The molecule has 0 spiro atoms. The second-order valence-electron chi connectivity index (χ2n) is 14.8. The summed E-state index contributed by atoms with van der Waals surface area (Å²) < 4.78 is 10.8. The fourth-order valence-corrected chi connectivity index (χ4v) is 10.4. The molecule has 0 aliphatic heterocycles. The first-order valence-corrected chi connectivity index (χ1v) is 22.8. The van der Waals surface area contributed by atoms with Crippen LogP contribution in [-0.4, -0.2) is 28.9 Å². The average molecular weight is 885 g/mol. The molecule has 5 aromatic rings. The van der Waals surface area contributed by atoms with Crippen molar-refractivity contribution in [1.29, 1.82) is 0 Å². The predicted molar refractivity (Wildman–Crippen MR) is 214 cm³/mol. The Hall–Kier alpha value is -2.70. The van der Waals surface area contributed by atoms with E-state index in [-0.39, 0.29) is 49.8 Å². The first kappa shape index (κ1) is 38.5. The predicted octanol–water partition coefficient (Wildman–Crippen LogP) is 12.2. The van der Waals surface area contributed by atoms with Crippen LogP contribution in [0.3, 0.4) is 0 Å². The summed E-state index contributed by atoms with van der Waals surface area (Å²) in [6.45, 7) is 17.5. The first-order valence-electron chi connectivity index (χ1n) is 19.0. The van der Waals surface area contributed by atoms with Crippen molar-refractivity contribution in [2.75, 3.05) is 0 Å². The van der Waals surface area contributed by atoms with Gasteiger partial charge in [0.05, 0.1) is 19.3 Å². The molecule has 1 saturated carbocycles. The number of hydrogen-bond donors (Lipinski definition) is 1. The van der Waals surface area contributed by atoms with Crippen LogP contribution in [0.2, 0.25) is 19.6 Å². The number of aryl methyl sites for hydroxylation is 1. The molecule has 269 valence electrons. The number of aromatic nitrogens is 2. The quantitative estimate of drug-likeness (QED) is 0.0657. The minimum absolute atomic E-state index is 0. The third-order valence-electron chi connectivity index (χ3n) is 10.6. The van der Waals surface area contributed by atoms with Crippen LogP contribution in [-0.2, 0) is 24.9 Å². The van der Waals surface area contributed by atoms with Gasteiger partial charge in [-0.3, -0.25) is 9.78 Å². The molecule has 1 N–H and O–H groups in total. The smallest absolute Gasteiger partial charge is 0.162 e. The molecule has 50 heavy (non-hydrogen) atoms. The molecule has 0 saturated heterocycles. The van der Waals surface area contributed by atoms with Gasteiger partial charge in [0.25, 0.3) is 0 Å². The maximum atomic E-state index is 11.7. The molecule has 1 radical (unpaired) electrons. The van der Waals surface area contributed by atoms with Crippen LogP contribution in [0.1, 0.15) is 104 Å². The van der Waals surface area contributed by atoms with Crippen molar-refractivity contribution in [3.63, 3.8) is 0 Å². The summed E-state index contributed by atoms with van der Waals surface area (Å²) in [5, 5.41) is 14.7. The summed E-state index contributed by atoms with van der Waals surface area (Å²) in [7, 11) is -1.62. The van der Waals surface area contributed by atoms with Gasteiger partial charge >= 0.3 is 0 Å². The van der Waals surface area contributed by atoms with Gasteiger partial charge in [-0.1, -0.05) is 108 Å². The molecule has 7 heteroatoms. The van der Waals surface area contributed by atoms with Crippen LogP contribution in [0.15, 0.2) is 60.6 Å². The van der Waals surface area contributed by atoms with Crippen LogP contribution in [0.5, 0.6) is 0 Å². The molecule has 0 amide bonds. The van der Waals surface area contributed by atoms with E-state index >= 15 is 0 Å². The molecule has 4 nitrogen and oxygen atoms in total. The van der Waals surface area contributed by atoms with Crippen LogP contribution in [0.4, 0.5) is 0 Å². The number of benzene rings is 3. The SMILES string of the molecule is CCC(CC)C(=O)/C=C(\O)C(CC)CC.[2H]c1nc(-c2[c-]c3ccccc3c([Si](C)(C)C)c2)c2sc3c(C)c(C4CCCCC4)ccc3c2n1.[Ir].